The van der Waals surface area contributed by atoms with E-state index >= 15 is 0 Å². The van der Waals surface area contributed by atoms with E-state index in [4.69, 9.17) is 0 Å². The van der Waals surface area contributed by atoms with Crippen LogP contribution in [0.25, 0.3) is 0 Å². The number of aryl methyl sites for hydroxylation is 2. The number of halogens is 1. The monoisotopic (exact) mass is 211 g/mol. The highest BCUT2D eigenvalue weighted by atomic mass is 19.1. The van der Waals surface area contributed by atoms with Gasteiger partial charge in [0.1, 0.15) is 5.67 Å². The molecule has 1 aromatic heterocycles. The van der Waals surface area contributed by atoms with Crippen LogP contribution >= 0.6 is 0 Å². The molecule has 1 N–H and O–H groups in total. The Hall–Kier alpha value is -0.900. The molecule has 4 heteroatoms. The number of alkyl halides is 1. The van der Waals surface area contributed by atoms with Crippen molar-refractivity contribution in [1.29, 1.82) is 0 Å². The zero-order chi connectivity index (χ0) is 10.9. The molecule has 2 rings (SSSR count). The van der Waals surface area contributed by atoms with Crippen molar-refractivity contribution in [1.82, 2.24) is 15.1 Å². The molecule has 1 aromatic rings. The highest BCUT2D eigenvalue weighted by molar-refractivity contribution is 5.15. The van der Waals surface area contributed by atoms with Crippen LogP contribution < -0.4 is 5.32 Å². The van der Waals surface area contributed by atoms with E-state index in [2.05, 4.69) is 17.3 Å². The first-order valence-electron chi connectivity index (χ1n) is 5.62. The largest absolute Gasteiger partial charge is 0.310 e. The van der Waals surface area contributed by atoms with Crippen molar-refractivity contribution in [3.63, 3.8) is 0 Å². The van der Waals surface area contributed by atoms with Crippen LogP contribution in [0.2, 0.25) is 0 Å². The Morgan fingerprint density at radius 3 is 2.73 bits per heavy atom. The summed E-state index contributed by atoms with van der Waals surface area (Å²) in [5.41, 5.74) is 1.04. The van der Waals surface area contributed by atoms with Gasteiger partial charge in [0.05, 0.1) is 5.69 Å². The van der Waals surface area contributed by atoms with Crippen molar-refractivity contribution in [2.45, 2.75) is 38.9 Å². The third-order valence-electron chi connectivity index (χ3n) is 2.96. The molecule has 0 bridgehead atoms. The normalized spacial score (nSPS) is 18.9. The first-order chi connectivity index (χ1) is 7.17. The van der Waals surface area contributed by atoms with Crippen LogP contribution in [0, 0.1) is 0 Å². The standard InChI is InChI=1S/C11H18FN3/c1-3-9-5-10(15(4-2)14-9)6-11(12)7-13-8-11/h5,13H,3-4,6-8H2,1-2H3. The molecule has 84 valence electrons. The molecule has 0 unspecified atom stereocenters. The SMILES string of the molecule is CCc1cc(CC2(F)CNC2)n(CC)n1. The predicted octanol–water partition coefficient (Wildman–Crippen LogP) is 1.32. The summed E-state index contributed by atoms with van der Waals surface area (Å²) in [6.45, 7) is 5.88. The lowest BCUT2D eigenvalue weighted by atomic mass is 9.93. The van der Waals surface area contributed by atoms with Gasteiger partial charge in [0.25, 0.3) is 0 Å². The summed E-state index contributed by atoms with van der Waals surface area (Å²) in [5.74, 6) is 0. The van der Waals surface area contributed by atoms with E-state index in [0.29, 0.717) is 19.5 Å². The van der Waals surface area contributed by atoms with Gasteiger partial charge in [0.2, 0.25) is 0 Å². The topological polar surface area (TPSA) is 29.9 Å². The fraction of sp³-hybridized carbons (Fsp3) is 0.727. The average Bonchev–Trinajstić information content (AvgIpc) is 2.58. The second kappa shape index (κ2) is 3.93. The molecule has 15 heavy (non-hydrogen) atoms. The molecule has 2 heterocycles. The van der Waals surface area contributed by atoms with E-state index in [9.17, 15) is 4.39 Å². The van der Waals surface area contributed by atoms with Gasteiger partial charge in [-0.2, -0.15) is 5.10 Å². The molecule has 1 aliphatic heterocycles. The fourth-order valence-corrected chi connectivity index (χ4v) is 1.95. The number of rotatable bonds is 4. The second-order valence-electron chi connectivity index (χ2n) is 4.23. The van der Waals surface area contributed by atoms with Crippen molar-refractivity contribution in [3.05, 3.63) is 17.5 Å². The maximum Gasteiger partial charge on any atom is 0.141 e. The summed E-state index contributed by atoms with van der Waals surface area (Å²) in [6.07, 6.45) is 1.40. The summed E-state index contributed by atoms with van der Waals surface area (Å²) in [5, 5.41) is 7.39. The Kier molecular flexibility index (Phi) is 2.78. The third kappa shape index (κ3) is 2.04. The second-order valence-corrected chi connectivity index (χ2v) is 4.23. The van der Waals surface area contributed by atoms with Crippen molar-refractivity contribution >= 4 is 0 Å². The van der Waals surface area contributed by atoms with Crippen molar-refractivity contribution in [2.75, 3.05) is 13.1 Å². The van der Waals surface area contributed by atoms with Crippen LogP contribution in [0.3, 0.4) is 0 Å². The highest BCUT2D eigenvalue weighted by Gasteiger charge is 2.37. The molecule has 1 aliphatic rings. The summed E-state index contributed by atoms with van der Waals surface area (Å²) in [7, 11) is 0. The van der Waals surface area contributed by atoms with Gasteiger partial charge in [-0.25, -0.2) is 4.39 Å². The van der Waals surface area contributed by atoms with Crippen LogP contribution in [0.1, 0.15) is 25.2 Å². The van der Waals surface area contributed by atoms with Crippen LogP contribution in [0.4, 0.5) is 4.39 Å². The summed E-state index contributed by atoms with van der Waals surface area (Å²) < 4.78 is 15.8. The van der Waals surface area contributed by atoms with E-state index in [1.165, 1.54) is 0 Å². The van der Waals surface area contributed by atoms with Crippen LogP contribution in [0.5, 0.6) is 0 Å². The average molecular weight is 211 g/mol. The molecule has 0 amide bonds. The molecule has 1 fully saturated rings. The minimum atomic E-state index is -1.04. The molecule has 0 radical (unpaired) electrons. The van der Waals surface area contributed by atoms with Crippen molar-refractivity contribution < 1.29 is 4.39 Å². The third-order valence-corrected chi connectivity index (χ3v) is 2.96. The molecule has 0 saturated carbocycles. The van der Waals surface area contributed by atoms with Gasteiger partial charge >= 0.3 is 0 Å². The molecule has 0 aliphatic carbocycles. The van der Waals surface area contributed by atoms with Gasteiger partial charge in [-0.1, -0.05) is 6.92 Å². The van der Waals surface area contributed by atoms with Gasteiger partial charge < -0.3 is 5.32 Å². The van der Waals surface area contributed by atoms with E-state index in [1.807, 2.05) is 17.7 Å². The van der Waals surface area contributed by atoms with E-state index < -0.39 is 5.67 Å². The molecule has 0 aromatic carbocycles. The smallest absolute Gasteiger partial charge is 0.141 e. The number of nitrogens with zero attached hydrogens (tertiary/aromatic N) is 2. The lowest BCUT2D eigenvalue weighted by Crippen LogP contribution is -2.57. The first kappa shape index (κ1) is 10.6. The Labute approximate surface area is 89.7 Å². The molecule has 0 atom stereocenters. The molecular formula is C11H18FN3. The van der Waals surface area contributed by atoms with Gasteiger partial charge in [-0.15, -0.1) is 0 Å². The van der Waals surface area contributed by atoms with Crippen LogP contribution in [0.15, 0.2) is 6.07 Å². The van der Waals surface area contributed by atoms with Gasteiger partial charge in [-0.3, -0.25) is 4.68 Å². The Morgan fingerprint density at radius 1 is 1.53 bits per heavy atom. The first-order valence-corrected chi connectivity index (χ1v) is 5.62. The minimum absolute atomic E-state index is 0.476. The van der Waals surface area contributed by atoms with Gasteiger partial charge in [0, 0.05) is 31.7 Å². The fourth-order valence-electron chi connectivity index (χ4n) is 1.95. The summed E-state index contributed by atoms with van der Waals surface area (Å²) in [4.78, 5) is 0. The Morgan fingerprint density at radius 2 is 2.27 bits per heavy atom. The zero-order valence-corrected chi connectivity index (χ0v) is 9.39. The van der Waals surface area contributed by atoms with E-state index in [1.54, 1.807) is 0 Å². The number of nitrogens with one attached hydrogen (secondary N) is 1. The Balaban J connectivity index is 2.15. The lowest BCUT2D eigenvalue weighted by molar-refractivity contribution is 0.0886. The lowest BCUT2D eigenvalue weighted by Gasteiger charge is -2.34. The van der Waals surface area contributed by atoms with Crippen molar-refractivity contribution in [3.8, 4) is 0 Å². The molecule has 3 nitrogen and oxygen atoms in total. The quantitative estimate of drug-likeness (QED) is 0.814. The summed E-state index contributed by atoms with van der Waals surface area (Å²) >= 11 is 0. The molecular weight excluding hydrogens is 193 g/mol. The summed E-state index contributed by atoms with van der Waals surface area (Å²) in [6, 6.07) is 2.03. The van der Waals surface area contributed by atoms with Crippen molar-refractivity contribution in [2.24, 2.45) is 0 Å². The highest BCUT2D eigenvalue weighted by Crippen LogP contribution is 2.23. The van der Waals surface area contributed by atoms with Gasteiger partial charge in [-0.05, 0) is 19.4 Å². The van der Waals surface area contributed by atoms with Gasteiger partial charge in [0.15, 0.2) is 0 Å². The van der Waals surface area contributed by atoms with Crippen LogP contribution in [-0.4, -0.2) is 28.5 Å². The minimum Gasteiger partial charge on any atom is -0.310 e. The number of hydrogen-bond acceptors (Lipinski definition) is 2. The number of hydrogen-bond donors (Lipinski definition) is 1. The molecule has 1 saturated heterocycles. The number of aromatic nitrogens is 2. The van der Waals surface area contributed by atoms with E-state index in [-0.39, 0.29) is 0 Å². The predicted molar refractivity (Wildman–Crippen MR) is 57.7 cm³/mol. The Bertz CT molecular complexity index is 342. The zero-order valence-electron chi connectivity index (χ0n) is 9.39. The maximum absolute atomic E-state index is 13.9. The van der Waals surface area contributed by atoms with E-state index in [0.717, 1.165) is 24.4 Å². The maximum atomic E-state index is 13.9. The van der Waals surface area contributed by atoms with Crippen LogP contribution in [-0.2, 0) is 19.4 Å². The molecule has 0 spiro atoms.